The molecule has 3 aromatic carbocycles. The molecule has 0 aliphatic carbocycles. The van der Waals surface area contributed by atoms with Crippen molar-refractivity contribution in [2.45, 2.75) is 19.0 Å². The summed E-state index contributed by atoms with van der Waals surface area (Å²) in [5.41, 5.74) is 10.2. The Kier molecular flexibility index (Phi) is 5.50. The van der Waals surface area contributed by atoms with Gasteiger partial charge in [-0.2, -0.15) is 5.21 Å². The van der Waals surface area contributed by atoms with Crippen molar-refractivity contribution in [1.82, 2.24) is 30.6 Å². The summed E-state index contributed by atoms with van der Waals surface area (Å²) in [5, 5.41) is 19.7. The van der Waals surface area contributed by atoms with Crippen LogP contribution < -0.4 is 11.1 Å². The van der Waals surface area contributed by atoms with Crippen LogP contribution in [0.25, 0.3) is 22.0 Å². The van der Waals surface area contributed by atoms with Crippen LogP contribution in [0, 0.1) is 0 Å². The van der Waals surface area contributed by atoms with Crippen molar-refractivity contribution in [2.24, 2.45) is 5.73 Å². The lowest BCUT2D eigenvalue weighted by atomic mass is 10.0. The molecule has 158 valence electrons. The van der Waals surface area contributed by atoms with E-state index in [1.165, 1.54) is 16.3 Å². The fraction of sp³-hybridized carbons (Fsp3) is 0.125. The van der Waals surface area contributed by atoms with Crippen LogP contribution in [0.2, 0.25) is 0 Å². The lowest BCUT2D eigenvalue weighted by molar-refractivity contribution is 0.669. The second-order valence-corrected chi connectivity index (χ2v) is 7.60. The maximum absolute atomic E-state index is 6.12. The van der Waals surface area contributed by atoms with Gasteiger partial charge in [0.15, 0.2) is 5.82 Å². The molecule has 0 spiro atoms. The van der Waals surface area contributed by atoms with Gasteiger partial charge in [0, 0.05) is 12.1 Å². The summed E-state index contributed by atoms with van der Waals surface area (Å²) in [6.07, 6.45) is 4.17. The van der Waals surface area contributed by atoms with E-state index in [2.05, 4.69) is 78.4 Å². The second kappa shape index (κ2) is 8.91. The predicted octanol–water partition coefficient (Wildman–Crippen LogP) is 3.66. The van der Waals surface area contributed by atoms with Gasteiger partial charge >= 0.3 is 0 Å². The second-order valence-electron chi connectivity index (χ2n) is 7.60. The highest BCUT2D eigenvalue weighted by molar-refractivity contribution is 5.83. The number of benzene rings is 3. The minimum absolute atomic E-state index is 0.299. The zero-order chi connectivity index (χ0) is 21.8. The van der Waals surface area contributed by atoms with Crippen molar-refractivity contribution in [2.75, 3.05) is 5.32 Å². The van der Waals surface area contributed by atoms with Crippen LogP contribution in [0.3, 0.4) is 0 Å². The van der Waals surface area contributed by atoms with Crippen LogP contribution in [0.4, 0.5) is 5.82 Å². The molecule has 0 aliphatic heterocycles. The Labute approximate surface area is 184 Å². The van der Waals surface area contributed by atoms with Gasteiger partial charge in [0.25, 0.3) is 0 Å². The Morgan fingerprint density at radius 1 is 0.875 bits per heavy atom. The van der Waals surface area contributed by atoms with Crippen molar-refractivity contribution in [3.63, 3.8) is 0 Å². The molecule has 0 amide bonds. The summed E-state index contributed by atoms with van der Waals surface area (Å²) < 4.78 is 0. The van der Waals surface area contributed by atoms with Crippen molar-refractivity contribution in [1.29, 1.82) is 0 Å². The lowest BCUT2D eigenvalue weighted by Crippen LogP contribution is -2.15. The maximum Gasteiger partial charge on any atom is 0.191 e. The Morgan fingerprint density at radius 3 is 2.44 bits per heavy atom. The van der Waals surface area contributed by atoms with E-state index in [0.717, 1.165) is 22.6 Å². The number of fused-ring (bicyclic) bond motifs is 1. The number of nitrogens with zero attached hydrogens (tertiary/aromatic N) is 5. The van der Waals surface area contributed by atoms with E-state index in [-0.39, 0.29) is 6.04 Å². The average molecular weight is 422 g/mol. The summed E-state index contributed by atoms with van der Waals surface area (Å²) in [7, 11) is 0. The molecule has 0 saturated heterocycles. The number of hydrogen-bond acceptors (Lipinski definition) is 7. The van der Waals surface area contributed by atoms with Gasteiger partial charge in [-0.25, -0.2) is 4.98 Å². The van der Waals surface area contributed by atoms with Gasteiger partial charge in [0.05, 0.1) is 24.1 Å². The quantitative estimate of drug-likeness (QED) is 0.366. The normalized spacial score (nSPS) is 12.0. The number of aromatic amines is 1. The van der Waals surface area contributed by atoms with Gasteiger partial charge in [-0.05, 0) is 34.4 Å². The summed E-state index contributed by atoms with van der Waals surface area (Å²) in [6, 6.07) is 22.6. The monoisotopic (exact) mass is 422 g/mol. The van der Waals surface area contributed by atoms with Crippen LogP contribution in [0.1, 0.15) is 23.0 Å². The fourth-order valence-electron chi connectivity index (χ4n) is 3.59. The predicted molar refractivity (Wildman–Crippen MR) is 124 cm³/mol. The Hall–Kier alpha value is -4.17. The van der Waals surface area contributed by atoms with E-state index in [4.69, 9.17) is 5.73 Å². The third kappa shape index (κ3) is 4.45. The zero-order valence-corrected chi connectivity index (χ0v) is 17.3. The van der Waals surface area contributed by atoms with Gasteiger partial charge in [-0.1, -0.05) is 65.9 Å². The van der Waals surface area contributed by atoms with Crippen LogP contribution in [-0.2, 0) is 13.0 Å². The van der Waals surface area contributed by atoms with E-state index < -0.39 is 0 Å². The molecule has 0 saturated carbocycles. The first-order chi connectivity index (χ1) is 15.7. The summed E-state index contributed by atoms with van der Waals surface area (Å²) in [6.45, 7) is 0.689. The average Bonchev–Trinajstić information content (AvgIpc) is 3.39. The molecule has 0 fully saturated rings. The van der Waals surface area contributed by atoms with Crippen LogP contribution in [-0.4, -0.2) is 30.6 Å². The SMILES string of the molecule is N[C@@H](Cc1ccc(-c2cnc(NCc3ccc4ccccc4c3)cn2)cc1)c1nn[nH]n1. The van der Waals surface area contributed by atoms with Gasteiger partial charge in [0.1, 0.15) is 5.82 Å². The van der Waals surface area contributed by atoms with Crippen molar-refractivity contribution < 1.29 is 0 Å². The zero-order valence-electron chi connectivity index (χ0n) is 17.3. The molecule has 0 bridgehead atoms. The molecular formula is C24H22N8. The minimum Gasteiger partial charge on any atom is -0.365 e. The Bertz CT molecular complexity index is 1300. The van der Waals surface area contributed by atoms with E-state index in [1.807, 2.05) is 24.3 Å². The molecule has 4 N–H and O–H groups in total. The number of nitrogens with one attached hydrogen (secondary N) is 2. The molecular weight excluding hydrogens is 400 g/mol. The number of anilines is 1. The summed E-state index contributed by atoms with van der Waals surface area (Å²) in [4.78, 5) is 9.08. The molecule has 8 heteroatoms. The van der Waals surface area contributed by atoms with Crippen molar-refractivity contribution in [3.05, 3.63) is 96.1 Å². The van der Waals surface area contributed by atoms with Gasteiger partial charge < -0.3 is 11.1 Å². The number of hydrogen-bond donors (Lipinski definition) is 3. The number of nitrogens with two attached hydrogens (primary N) is 1. The molecule has 2 heterocycles. The fourth-order valence-corrected chi connectivity index (χ4v) is 3.59. The molecule has 0 unspecified atom stereocenters. The van der Waals surface area contributed by atoms with E-state index in [0.29, 0.717) is 18.8 Å². The third-order valence-corrected chi connectivity index (χ3v) is 5.34. The standard InChI is InChI=1S/C24H22N8/c25-21(24-29-31-32-30-24)12-16-5-9-19(10-6-16)22-14-28-23(15-26-22)27-13-17-7-8-18-3-1-2-4-20(18)11-17/h1-11,14-15,21H,12-13,25H2,(H,27,28)(H,29,30,31,32)/t21-/m0/s1. The molecule has 32 heavy (non-hydrogen) atoms. The highest BCUT2D eigenvalue weighted by Gasteiger charge is 2.12. The number of H-pyrrole nitrogens is 1. The molecule has 2 aromatic heterocycles. The number of tetrazole rings is 1. The van der Waals surface area contributed by atoms with E-state index in [9.17, 15) is 0 Å². The Morgan fingerprint density at radius 2 is 1.69 bits per heavy atom. The third-order valence-electron chi connectivity index (χ3n) is 5.34. The largest absolute Gasteiger partial charge is 0.365 e. The van der Waals surface area contributed by atoms with Crippen LogP contribution in [0.5, 0.6) is 0 Å². The number of rotatable bonds is 7. The number of aromatic nitrogens is 6. The van der Waals surface area contributed by atoms with E-state index >= 15 is 0 Å². The van der Waals surface area contributed by atoms with Crippen molar-refractivity contribution >= 4 is 16.6 Å². The molecule has 1 atom stereocenters. The van der Waals surface area contributed by atoms with Gasteiger partial charge in [-0.3, -0.25) is 4.98 Å². The Balaban J connectivity index is 1.21. The molecule has 5 aromatic rings. The minimum atomic E-state index is -0.299. The smallest absolute Gasteiger partial charge is 0.191 e. The highest BCUT2D eigenvalue weighted by atomic mass is 15.5. The lowest BCUT2D eigenvalue weighted by Gasteiger charge is -2.09. The first kappa shape index (κ1) is 19.8. The maximum atomic E-state index is 6.12. The molecule has 0 aliphatic rings. The highest BCUT2D eigenvalue weighted by Crippen LogP contribution is 2.20. The summed E-state index contributed by atoms with van der Waals surface area (Å²) in [5.74, 6) is 1.25. The van der Waals surface area contributed by atoms with Crippen molar-refractivity contribution in [3.8, 4) is 11.3 Å². The van der Waals surface area contributed by atoms with E-state index in [1.54, 1.807) is 12.4 Å². The first-order valence-corrected chi connectivity index (χ1v) is 10.4. The molecule has 5 rings (SSSR count). The van der Waals surface area contributed by atoms with Gasteiger partial charge in [-0.15, -0.1) is 10.2 Å². The van der Waals surface area contributed by atoms with Crippen LogP contribution >= 0.6 is 0 Å². The van der Waals surface area contributed by atoms with Gasteiger partial charge in [0.2, 0.25) is 0 Å². The topological polar surface area (TPSA) is 118 Å². The summed E-state index contributed by atoms with van der Waals surface area (Å²) >= 11 is 0. The van der Waals surface area contributed by atoms with Crippen LogP contribution in [0.15, 0.2) is 79.1 Å². The molecule has 0 radical (unpaired) electrons. The molecule has 8 nitrogen and oxygen atoms in total. The first-order valence-electron chi connectivity index (χ1n) is 10.4.